The zero-order chi connectivity index (χ0) is 18.8. The van der Waals surface area contributed by atoms with Gasteiger partial charge in [-0.1, -0.05) is 48.5 Å². The molecule has 0 aliphatic rings. The smallest absolute Gasteiger partial charge is 0.0964 e. The summed E-state index contributed by atoms with van der Waals surface area (Å²) in [7, 11) is 0. The molecule has 0 atom stereocenters. The van der Waals surface area contributed by atoms with Crippen molar-refractivity contribution in [3.8, 4) is 0 Å². The van der Waals surface area contributed by atoms with Crippen LogP contribution in [0.2, 0.25) is 0 Å². The SMILES string of the molecule is [Cu].c1cnc2c(c1)ccc1cccnc12.c1cnc2c(c1)ccc1cccnc12. The van der Waals surface area contributed by atoms with E-state index in [0.717, 1.165) is 43.6 Å². The Labute approximate surface area is 178 Å². The molecule has 0 unspecified atom stereocenters. The van der Waals surface area contributed by atoms with Crippen LogP contribution in [0.15, 0.2) is 97.6 Å². The average Bonchev–Trinajstić information content (AvgIpc) is 2.79. The van der Waals surface area contributed by atoms with Gasteiger partial charge in [-0.2, -0.15) is 0 Å². The maximum Gasteiger partial charge on any atom is 0.0964 e. The molecule has 4 aromatic heterocycles. The van der Waals surface area contributed by atoms with E-state index in [2.05, 4.69) is 68.5 Å². The summed E-state index contributed by atoms with van der Waals surface area (Å²) < 4.78 is 0. The van der Waals surface area contributed by atoms with E-state index in [1.807, 2.05) is 24.3 Å². The van der Waals surface area contributed by atoms with Crippen LogP contribution in [0.4, 0.5) is 0 Å². The standard InChI is InChI=1S/2C12H8N2.Cu/c2*1-3-9-5-6-10-4-2-8-14-12(10)11(9)13-7-1;/h2*1-8H;. The molecule has 0 aliphatic carbocycles. The Morgan fingerprint density at radius 1 is 0.345 bits per heavy atom. The average molecular weight is 424 g/mol. The van der Waals surface area contributed by atoms with Gasteiger partial charge in [0.05, 0.1) is 22.1 Å². The van der Waals surface area contributed by atoms with Crippen LogP contribution in [0.5, 0.6) is 0 Å². The van der Waals surface area contributed by atoms with E-state index < -0.39 is 0 Å². The predicted octanol–water partition coefficient (Wildman–Crippen LogP) is 5.56. The van der Waals surface area contributed by atoms with Gasteiger partial charge in [0.2, 0.25) is 0 Å². The second kappa shape index (κ2) is 8.31. The number of aromatic nitrogens is 4. The zero-order valence-corrected chi connectivity index (χ0v) is 16.3. The van der Waals surface area contributed by atoms with Gasteiger partial charge in [-0.3, -0.25) is 19.9 Å². The van der Waals surface area contributed by atoms with Crippen molar-refractivity contribution < 1.29 is 17.1 Å². The van der Waals surface area contributed by atoms with Gasteiger partial charge < -0.3 is 0 Å². The summed E-state index contributed by atoms with van der Waals surface area (Å²) in [6.07, 6.45) is 7.21. The minimum Gasteiger partial charge on any atom is -0.254 e. The first kappa shape index (κ1) is 18.9. The molecule has 5 heteroatoms. The first-order valence-corrected chi connectivity index (χ1v) is 9.07. The third-order valence-corrected chi connectivity index (χ3v) is 4.69. The van der Waals surface area contributed by atoms with Crippen LogP contribution in [-0.4, -0.2) is 19.9 Å². The van der Waals surface area contributed by atoms with Crippen LogP contribution < -0.4 is 0 Å². The Morgan fingerprint density at radius 2 is 0.586 bits per heavy atom. The van der Waals surface area contributed by atoms with Crippen molar-refractivity contribution >= 4 is 43.6 Å². The molecule has 2 aromatic carbocycles. The molecular weight excluding hydrogens is 408 g/mol. The molecule has 0 bridgehead atoms. The summed E-state index contributed by atoms with van der Waals surface area (Å²) in [6, 6.07) is 24.3. The monoisotopic (exact) mass is 423 g/mol. The van der Waals surface area contributed by atoms with E-state index in [4.69, 9.17) is 0 Å². The van der Waals surface area contributed by atoms with Crippen molar-refractivity contribution in [1.29, 1.82) is 0 Å². The summed E-state index contributed by atoms with van der Waals surface area (Å²) in [5.74, 6) is 0. The summed E-state index contributed by atoms with van der Waals surface area (Å²) >= 11 is 0. The molecule has 0 spiro atoms. The van der Waals surface area contributed by atoms with Gasteiger partial charge in [0.25, 0.3) is 0 Å². The van der Waals surface area contributed by atoms with E-state index >= 15 is 0 Å². The van der Waals surface area contributed by atoms with Gasteiger partial charge in [-0.15, -0.1) is 0 Å². The van der Waals surface area contributed by atoms with Crippen LogP contribution >= 0.6 is 0 Å². The predicted molar refractivity (Wildman–Crippen MR) is 114 cm³/mol. The molecule has 0 fully saturated rings. The quantitative estimate of drug-likeness (QED) is 0.237. The van der Waals surface area contributed by atoms with E-state index in [9.17, 15) is 0 Å². The van der Waals surface area contributed by atoms with Crippen molar-refractivity contribution in [1.82, 2.24) is 19.9 Å². The molecular formula is C24H16CuN4. The Kier molecular flexibility index (Phi) is 5.43. The molecule has 0 N–H and O–H groups in total. The van der Waals surface area contributed by atoms with Crippen molar-refractivity contribution in [2.45, 2.75) is 0 Å². The van der Waals surface area contributed by atoms with Crippen LogP contribution in [0.25, 0.3) is 43.6 Å². The second-order valence-corrected chi connectivity index (χ2v) is 6.43. The number of benzene rings is 2. The molecule has 29 heavy (non-hydrogen) atoms. The molecule has 0 saturated heterocycles. The Hall–Kier alpha value is -3.40. The Morgan fingerprint density at radius 3 is 0.828 bits per heavy atom. The largest absolute Gasteiger partial charge is 0.254 e. The van der Waals surface area contributed by atoms with Crippen molar-refractivity contribution in [3.63, 3.8) is 0 Å². The minimum atomic E-state index is 0. The van der Waals surface area contributed by atoms with Crippen LogP contribution in [-0.2, 0) is 17.1 Å². The maximum atomic E-state index is 4.35. The van der Waals surface area contributed by atoms with Crippen LogP contribution in [0.3, 0.4) is 0 Å². The number of nitrogens with zero attached hydrogens (tertiary/aromatic N) is 4. The van der Waals surface area contributed by atoms with Crippen LogP contribution in [0, 0.1) is 0 Å². The van der Waals surface area contributed by atoms with Crippen molar-refractivity contribution in [2.75, 3.05) is 0 Å². The maximum absolute atomic E-state index is 4.35. The number of hydrogen-bond donors (Lipinski definition) is 0. The van der Waals surface area contributed by atoms with Crippen molar-refractivity contribution in [2.24, 2.45) is 0 Å². The third-order valence-electron chi connectivity index (χ3n) is 4.69. The Bertz CT molecular complexity index is 1210. The van der Waals surface area contributed by atoms with Gasteiger partial charge in [-0.25, -0.2) is 0 Å². The van der Waals surface area contributed by atoms with Gasteiger partial charge in [0.15, 0.2) is 0 Å². The molecule has 6 aromatic rings. The topological polar surface area (TPSA) is 51.6 Å². The molecule has 143 valence electrons. The molecule has 4 nitrogen and oxygen atoms in total. The van der Waals surface area contributed by atoms with Crippen LogP contribution in [0.1, 0.15) is 0 Å². The fraction of sp³-hybridized carbons (Fsp3) is 0. The molecule has 1 radical (unpaired) electrons. The molecule has 0 aliphatic heterocycles. The summed E-state index contributed by atoms with van der Waals surface area (Å²) in [5.41, 5.74) is 3.91. The van der Waals surface area contributed by atoms with Gasteiger partial charge in [-0.05, 0) is 24.3 Å². The fourth-order valence-corrected chi connectivity index (χ4v) is 3.36. The normalized spacial score (nSPS) is 10.5. The van der Waals surface area contributed by atoms with E-state index in [-0.39, 0.29) is 17.1 Å². The minimum absolute atomic E-state index is 0. The molecule has 0 amide bonds. The Balaban J connectivity index is 0.000000137. The number of pyridine rings is 4. The number of hydrogen-bond acceptors (Lipinski definition) is 4. The molecule has 6 rings (SSSR count). The van der Waals surface area contributed by atoms with Gasteiger partial charge in [0, 0.05) is 63.4 Å². The number of rotatable bonds is 0. The first-order chi connectivity index (χ1) is 13.9. The zero-order valence-electron chi connectivity index (χ0n) is 15.3. The number of fused-ring (bicyclic) bond motifs is 6. The molecule has 0 saturated carbocycles. The molecule has 4 heterocycles. The first-order valence-electron chi connectivity index (χ1n) is 9.07. The summed E-state index contributed by atoms with van der Waals surface area (Å²) in [5, 5.41) is 4.55. The second-order valence-electron chi connectivity index (χ2n) is 6.43. The van der Waals surface area contributed by atoms with E-state index in [1.165, 1.54) is 0 Å². The van der Waals surface area contributed by atoms with E-state index in [1.54, 1.807) is 24.8 Å². The fourth-order valence-electron chi connectivity index (χ4n) is 3.36. The summed E-state index contributed by atoms with van der Waals surface area (Å²) in [6.45, 7) is 0. The van der Waals surface area contributed by atoms with E-state index in [0.29, 0.717) is 0 Å². The van der Waals surface area contributed by atoms with Gasteiger partial charge >= 0.3 is 0 Å². The van der Waals surface area contributed by atoms with Gasteiger partial charge in [0.1, 0.15) is 0 Å². The summed E-state index contributed by atoms with van der Waals surface area (Å²) in [4.78, 5) is 17.4. The van der Waals surface area contributed by atoms with Crippen molar-refractivity contribution in [3.05, 3.63) is 97.6 Å². The third kappa shape index (κ3) is 3.66.